The van der Waals surface area contributed by atoms with E-state index in [0.717, 1.165) is 24.2 Å². The highest BCUT2D eigenvalue weighted by atomic mass is 16.1. The number of carbonyl (C=O) groups excluding carboxylic acids is 1. The average molecular weight is 348 g/mol. The Morgan fingerprint density at radius 1 is 1.15 bits per heavy atom. The van der Waals surface area contributed by atoms with E-state index in [1.165, 1.54) is 22.3 Å². The number of hydrogen-bond acceptors (Lipinski definition) is 4. The number of amides is 1. The highest BCUT2D eigenvalue weighted by Gasteiger charge is 2.27. The molecule has 0 radical (unpaired) electrons. The quantitative estimate of drug-likeness (QED) is 0.682. The van der Waals surface area contributed by atoms with E-state index < -0.39 is 0 Å². The number of fused-ring (bicyclic) bond motifs is 1. The summed E-state index contributed by atoms with van der Waals surface area (Å²) in [7, 11) is 0. The van der Waals surface area contributed by atoms with Crippen LogP contribution in [0, 0.1) is 13.8 Å². The van der Waals surface area contributed by atoms with Crippen LogP contribution in [0.3, 0.4) is 0 Å². The molecule has 0 aliphatic carbocycles. The van der Waals surface area contributed by atoms with E-state index in [1.807, 2.05) is 6.07 Å². The fourth-order valence-electron chi connectivity index (χ4n) is 3.73. The van der Waals surface area contributed by atoms with E-state index in [4.69, 9.17) is 5.73 Å². The van der Waals surface area contributed by atoms with Crippen LogP contribution in [0.2, 0.25) is 0 Å². The van der Waals surface area contributed by atoms with Crippen molar-refractivity contribution in [3.05, 3.63) is 64.5 Å². The average Bonchev–Trinajstić information content (AvgIpc) is 2.58. The summed E-state index contributed by atoms with van der Waals surface area (Å²) in [5.74, 6) is 0.337. The molecule has 2 aliphatic rings. The molecule has 0 saturated carbocycles. The Morgan fingerprint density at radius 2 is 1.88 bits per heavy atom. The largest absolute Gasteiger partial charge is 0.385 e. The number of rotatable bonds is 3. The van der Waals surface area contributed by atoms with Crippen LogP contribution < -0.4 is 21.7 Å². The summed E-state index contributed by atoms with van der Waals surface area (Å²) < 4.78 is 0. The molecule has 2 aliphatic heterocycles. The van der Waals surface area contributed by atoms with E-state index >= 15 is 0 Å². The minimum absolute atomic E-state index is 0.109. The van der Waals surface area contributed by atoms with Gasteiger partial charge >= 0.3 is 0 Å². The lowest BCUT2D eigenvalue weighted by Crippen LogP contribution is -2.57. The van der Waals surface area contributed by atoms with Gasteiger partial charge in [0.2, 0.25) is 0 Å². The molecule has 4 rings (SSSR count). The van der Waals surface area contributed by atoms with Crippen molar-refractivity contribution in [2.75, 3.05) is 13.1 Å². The zero-order valence-corrected chi connectivity index (χ0v) is 15.1. The number of nitrogens with two attached hydrogens (primary N) is 1. The Labute approximate surface area is 153 Å². The van der Waals surface area contributed by atoms with Crippen LogP contribution in [0.1, 0.15) is 22.3 Å². The Balaban J connectivity index is 1.72. The second kappa shape index (κ2) is 6.50. The third-order valence-corrected chi connectivity index (χ3v) is 5.23. The van der Waals surface area contributed by atoms with Crippen molar-refractivity contribution in [3.8, 4) is 11.1 Å². The monoisotopic (exact) mass is 348 g/mol. The van der Waals surface area contributed by atoms with Gasteiger partial charge in [0.05, 0.1) is 11.6 Å². The summed E-state index contributed by atoms with van der Waals surface area (Å²) in [5.41, 5.74) is 13.6. The summed E-state index contributed by atoms with van der Waals surface area (Å²) >= 11 is 0. The predicted molar refractivity (Wildman–Crippen MR) is 104 cm³/mol. The number of nitrogens with one attached hydrogen (secondary N) is 3. The number of benzene rings is 2. The van der Waals surface area contributed by atoms with Gasteiger partial charge in [0.15, 0.2) is 0 Å². The molecule has 2 aromatic carbocycles. The van der Waals surface area contributed by atoms with Gasteiger partial charge in [-0.3, -0.25) is 4.79 Å². The van der Waals surface area contributed by atoms with Gasteiger partial charge in [-0.15, -0.1) is 0 Å². The smallest absolute Gasteiger partial charge is 0.255 e. The minimum Gasteiger partial charge on any atom is -0.385 e. The Bertz CT molecular complexity index is 892. The van der Waals surface area contributed by atoms with E-state index in [-0.39, 0.29) is 11.9 Å². The van der Waals surface area contributed by atoms with E-state index in [2.05, 4.69) is 60.1 Å². The lowest BCUT2D eigenvalue weighted by Gasteiger charge is -2.30. The standard InChI is InChI=1S/C21H24N4O/c1-12-4-3-5-13(2)18(12)14-6-7-17-15(8-14)9-24-20(22)19(17)21(26)25-16-10-23-11-16/h3-8,16,23-24H,9-11,22H2,1-2H3,(H,25,26). The van der Waals surface area contributed by atoms with Crippen molar-refractivity contribution >= 4 is 11.5 Å². The van der Waals surface area contributed by atoms with Crippen molar-refractivity contribution in [3.63, 3.8) is 0 Å². The normalized spacial score (nSPS) is 16.5. The fourth-order valence-corrected chi connectivity index (χ4v) is 3.73. The number of aryl methyl sites for hydroxylation is 2. The van der Waals surface area contributed by atoms with E-state index in [9.17, 15) is 4.79 Å². The zero-order chi connectivity index (χ0) is 18.3. The maximum atomic E-state index is 12.7. The summed E-state index contributed by atoms with van der Waals surface area (Å²) in [6, 6.07) is 12.8. The summed E-state index contributed by atoms with van der Waals surface area (Å²) in [4.78, 5) is 12.7. The molecule has 0 atom stereocenters. The highest BCUT2D eigenvalue weighted by molar-refractivity contribution is 6.21. The molecular formula is C21H24N4O. The van der Waals surface area contributed by atoms with Crippen LogP contribution in [-0.2, 0) is 11.3 Å². The molecule has 5 N–H and O–H groups in total. The van der Waals surface area contributed by atoms with Crippen LogP contribution in [0.25, 0.3) is 16.7 Å². The van der Waals surface area contributed by atoms with Gasteiger partial charge in [-0.25, -0.2) is 0 Å². The third-order valence-electron chi connectivity index (χ3n) is 5.23. The predicted octanol–water partition coefficient (Wildman–Crippen LogP) is 1.79. The van der Waals surface area contributed by atoms with Crippen LogP contribution in [0.5, 0.6) is 0 Å². The fraction of sp³-hybridized carbons (Fsp3) is 0.286. The Morgan fingerprint density at radius 3 is 2.54 bits per heavy atom. The zero-order valence-electron chi connectivity index (χ0n) is 15.1. The summed E-state index contributed by atoms with van der Waals surface area (Å²) in [5, 5.41) is 9.37. The molecule has 5 nitrogen and oxygen atoms in total. The van der Waals surface area contributed by atoms with E-state index in [1.54, 1.807) is 0 Å². The molecule has 0 aromatic heterocycles. The highest BCUT2D eigenvalue weighted by Crippen LogP contribution is 2.32. The first-order valence-electron chi connectivity index (χ1n) is 8.99. The molecule has 0 spiro atoms. The van der Waals surface area contributed by atoms with Gasteiger partial charge in [-0.2, -0.15) is 0 Å². The SMILES string of the molecule is Cc1cccc(C)c1-c1ccc2c(c1)CNC(N)=C2C(=O)NC1CNC1. The van der Waals surface area contributed by atoms with Crippen LogP contribution in [-0.4, -0.2) is 25.0 Å². The molecule has 0 unspecified atom stereocenters. The number of hydrogen-bond donors (Lipinski definition) is 4. The minimum atomic E-state index is -0.109. The van der Waals surface area contributed by atoms with Gasteiger partial charge in [-0.05, 0) is 53.3 Å². The summed E-state index contributed by atoms with van der Waals surface area (Å²) in [6.45, 7) is 6.50. The lowest BCUT2D eigenvalue weighted by molar-refractivity contribution is -0.116. The number of carbonyl (C=O) groups is 1. The molecule has 2 aromatic rings. The van der Waals surface area contributed by atoms with Crippen LogP contribution in [0.4, 0.5) is 0 Å². The molecule has 26 heavy (non-hydrogen) atoms. The second-order valence-corrected chi connectivity index (χ2v) is 7.11. The molecule has 1 saturated heterocycles. The molecule has 2 heterocycles. The van der Waals surface area contributed by atoms with Crippen molar-refractivity contribution in [2.45, 2.75) is 26.4 Å². The Hall–Kier alpha value is -2.79. The summed E-state index contributed by atoms with van der Waals surface area (Å²) in [6.07, 6.45) is 0. The Kier molecular flexibility index (Phi) is 4.17. The van der Waals surface area contributed by atoms with Crippen molar-refractivity contribution in [1.29, 1.82) is 0 Å². The maximum Gasteiger partial charge on any atom is 0.255 e. The first kappa shape index (κ1) is 16.7. The van der Waals surface area contributed by atoms with Gasteiger partial charge in [-0.1, -0.05) is 30.3 Å². The van der Waals surface area contributed by atoms with Crippen molar-refractivity contribution in [2.24, 2.45) is 5.73 Å². The molecular weight excluding hydrogens is 324 g/mol. The maximum absolute atomic E-state index is 12.7. The van der Waals surface area contributed by atoms with E-state index in [0.29, 0.717) is 17.9 Å². The topological polar surface area (TPSA) is 79.2 Å². The molecule has 0 bridgehead atoms. The second-order valence-electron chi connectivity index (χ2n) is 7.11. The first-order valence-corrected chi connectivity index (χ1v) is 8.99. The molecule has 1 fully saturated rings. The van der Waals surface area contributed by atoms with Crippen LogP contribution >= 0.6 is 0 Å². The first-order chi connectivity index (χ1) is 12.5. The lowest BCUT2D eigenvalue weighted by atomic mass is 9.89. The van der Waals surface area contributed by atoms with Gasteiger partial charge in [0, 0.05) is 19.6 Å². The molecule has 5 heteroatoms. The van der Waals surface area contributed by atoms with Crippen molar-refractivity contribution < 1.29 is 4.79 Å². The van der Waals surface area contributed by atoms with Crippen molar-refractivity contribution in [1.82, 2.24) is 16.0 Å². The van der Waals surface area contributed by atoms with Gasteiger partial charge in [0.25, 0.3) is 5.91 Å². The van der Waals surface area contributed by atoms with Crippen LogP contribution in [0.15, 0.2) is 42.2 Å². The van der Waals surface area contributed by atoms with Gasteiger partial charge in [0.1, 0.15) is 5.82 Å². The molecule has 134 valence electrons. The third kappa shape index (κ3) is 2.84. The van der Waals surface area contributed by atoms with Gasteiger partial charge < -0.3 is 21.7 Å². The molecule has 1 amide bonds.